The van der Waals surface area contributed by atoms with Crippen molar-refractivity contribution >= 4 is 28.8 Å². The van der Waals surface area contributed by atoms with Crippen LogP contribution in [0.2, 0.25) is 0 Å². The standard InChI is InChI=1S/C27H27FN10O3/c1-16(36(2)27(40)38-15-30-13-34-38)12-37-25-22(24(29)32-14-33-25)23(35-37)18-6-4-17(5-7-18)11-31-26(39)20-10-19(28)8-9-21(20)41-3/h4-10,13-16H,11-12H2,1-3H3,(H,31,39)(H2,29,32,33)/t16-/m0/s1. The summed E-state index contributed by atoms with van der Waals surface area (Å²) in [7, 11) is 3.09. The van der Waals surface area contributed by atoms with Crippen molar-refractivity contribution in [2.75, 3.05) is 19.9 Å². The number of methoxy groups -OCH3 is 1. The van der Waals surface area contributed by atoms with Gasteiger partial charge in [0.05, 0.1) is 30.6 Å². The molecule has 0 fully saturated rings. The molecular formula is C27H27FN10O3. The molecule has 0 spiro atoms. The number of nitrogens with one attached hydrogen (secondary N) is 1. The lowest BCUT2D eigenvalue weighted by molar-refractivity contribution is 0.0947. The molecule has 3 heterocycles. The minimum absolute atomic E-state index is 0.111. The largest absolute Gasteiger partial charge is 0.496 e. The molecule has 13 nitrogen and oxygen atoms in total. The minimum atomic E-state index is -0.530. The van der Waals surface area contributed by atoms with E-state index in [2.05, 4.69) is 25.4 Å². The summed E-state index contributed by atoms with van der Waals surface area (Å²) in [6.07, 6.45) is 4.01. The van der Waals surface area contributed by atoms with E-state index in [4.69, 9.17) is 15.6 Å². The number of likely N-dealkylation sites (N-methyl/N-ethyl adjacent to an activating group) is 1. The van der Waals surface area contributed by atoms with Crippen LogP contribution in [0.3, 0.4) is 0 Å². The Hall–Kier alpha value is -5.40. The van der Waals surface area contributed by atoms with Crippen molar-refractivity contribution < 1.29 is 18.7 Å². The zero-order valence-corrected chi connectivity index (χ0v) is 22.5. The van der Waals surface area contributed by atoms with Crippen LogP contribution >= 0.6 is 0 Å². The van der Waals surface area contributed by atoms with E-state index in [0.717, 1.165) is 21.9 Å². The molecule has 210 valence electrons. The molecule has 14 heteroatoms. The van der Waals surface area contributed by atoms with Crippen LogP contribution in [0.1, 0.15) is 22.8 Å². The van der Waals surface area contributed by atoms with Crippen molar-refractivity contribution in [3.05, 3.63) is 78.4 Å². The maximum atomic E-state index is 13.7. The summed E-state index contributed by atoms with van der Waals surface area (Å²) in [5.41, 5.74) is 9.03. The van der Waals surface area contributed by atoms with Crippen LogP contribution in [0.4, 0.5) is 15.0 Å². The number of hydrogen-bond acceptors (Lipinski definition) is 9. The number of nitrogens with zero attached hydrogens (tertiary/aromatic N) is 8. The van der Waals surface area contributed by atoms with E-state index in [-0.39, 0.29) is 35.7 Å². The molecule has 0 unspecified atom stereocenters. The Morgan fingerprint density at radius 3 is 2.63 bits per heavy atom. The Bertz CT molecular complexity index is 1700. The van der Waals surface area contributed by atoms with E-state index in [9.17, 15) is 14.0 Å². The molecule has 0 saturated heterocycles. The molecule has 0 aliphatic rings. The average Bonchev–Trinajstić information content (AvgIpc) is 3.65. The van der Waals surface area contributed by atoms with Crippen LogP contribution in [0.25, 0.3) is 22.3 Å². The van der Waals surface area contributed by atoms with Gasteiger partial charge in [0.15, 0.2) is 5.65 Å². The summed E-state index contributed by atoms with van der Waals surface area (Å²) in [6, 6.07) is 10.6. The Labute approximate surface area is 233 Å². The number of carbonyl (C=O) groups is 2. The highest BCUT2D eigenvalue weighted by Crippen LogP contribution is 2.30. The molecule has 3 aromatic heterocycles. The molecular weight excluding hydrogens is 531 g/mol. The molecule has 0 radical (unpaired) electrons. The first-order valence-electron chi connectivity index (χ1n) is 12.6. The lowest BCUT2D eigenvalue weighted by Crippen LogP contribution is -2.40. The van der Waals surface area contributed by atoms with Crippen molar-refractivity contribution in [3.63, 3.8) is 0 Å². The molecule has 1 atom stereocenters. The van der Waals surface area contributed by atoms with E-state index in [1.165, 1.54) is 43.1 Å². The third-order valence-electron chi connectivity index (χ3n) is 6.66. The van der Waals surface area contributed by atoms with E-state index < -0.39 is 11.7 Å². The lowest BCUT2D eigenvalue weighted by atomic mass is 10.1. The summed E-state index contributed by atoms with van der Waals surface area (Å²) < 4.78 is 21.7. The van der Waals surface area contributed by atoms with Crippen LogP contribution in [-0.2, 0) is 13.1 Å². The number of nitrogens with two attached hydrogens (primary N) is 1. The molecule has 3 N–H and O–H groups in total. The number of anilines is 1. The topological polar surface area (TPSA) is 159 Å². The third kappa shape index (κ3) is 5.52. The predicted octanol–water partition coefficient (Wildman–Crippen LogP) is 2.73. The highest BCUT2D eigenvalue weighted by Gasteiger charge is 2.23. The van der Waals surface area contributed by atoms with Gasteiger partial charge in [0.1, 0.15) is 42.1 Å². The average molecular weight is 559 g/mol. The maximum absolute atomic E-state index is 13.7. The normalized spacial score (nSPS) is 11.8. The third-order valence-corrected chi connectivity index (χ3v) is 6.66. The van der Waals surface area contributed by atoms with E-state index in [1.54, 1.807) is 11.7 Å². The summed E-state index contributed by atoms with van der Waals surface area (Å²) in [4.78, 5) is 39.2. The molecule has 0 bridgehead atoms. The highest BCUT2D eigenvalue weighted by molar-refractivity contribution is 5.98. The Kier molecular flexibility index (Phi) is 7.54. The van der Waals surface area contributed by atoms with Gasteiger partial charge in [-0.2, -0.15) is 14.9 Å². The van der Waals surface area contributed by atoms with Gasteiger partial charge < -0.3 is 20.7 Å². The lowest BCUT2D eigenvalue weighted by Gasteiger charge is -2.24. The number of benzene rings is 2. The van der Waals surface area contributed by atoms with Crippen LogP contribution < -0.4 is 15.8 Å². The molecule has 5 aromatic rings. The highest BCUT2D eigenvalue weighted by atomic mass is 19.1. The van der Waals surface area contributed by atoms with Gasteiger partial charge in [-0.05, 0) is 30.7 Å². The fraction of sp³-hybridized carbons (Fsp3) is 0.222. The Morgan fingerprint density at radius 1 is 1.15 bits per heavy atom. The number of carbonyl (C=O) groups excluding carboxylic acids is 2. The van der Waals surface area contributed by atoms with Gasteiger partial charge in [0.2, 0.25) is 0 Å². The first-order valence-corrected chi connectivity index (χ1v) is 12.6. The van der Waals surface area contributed by atoms with Crippen LogP contribution in [0, 0.1) is 5.82 Å². The van der Waals surface area contributed by atoms with E-state index in [1.807, 2.05) is 31.2 Å². The second-order valence-electron chi connectivity index (χ2n) is 9.29. The molecule has 2 amide bonds. The fourth-order valence-electron chi connectivity index (χ4n) is 4.31. The summed E-state index contributed by atoms with van der Waals surface area (Å²) in [5.74, 6) is -0.430. The van der Waals surface area contributed by atoms with Crippen molar-refractivity contribution in [1.82, 2.24) is 44.7 Å². The van der Waals surface area contributed by atoms with Gasteiger partial charge in [-0.15, -0.1) is 0 Å². The quantitative estimate of drug-likeness (QED) is 0.292. The van der Waals surface area contributed by atoms with Crippen LogP contribution in [-0.4, -0.2) is 71.6 Å². The predicted molar refractivity (Wildman–Crippen MR) is 147 cm³/mol. The van der Waals surface area contributed by atoms with Gasteiger partial charge in [-0.1, -0.05) is 24.3 Å². The van der Waals surface area contributed by atoms with Crippen molar-refractivity contribution in [1.29, 1.82) is 0 Å². The van der Waals surface area contributed by atoms with Crippen LogP contribution in [0.15, 0.2) is 61.4 Å². The smallest absolute Gasteiger partial charge is 0.346 e. The molecule has 0 aliphatic heterocycles. The summed E-state index contributed by atoms with van der Waals surface area (Å²) >= 11 is 0. The van der Waals surface area contributed by atoms with Crippen molar-refractivity contribution in [3.8, 4) is 17.0 Å². The number of rotatable bonds is 8. The maximum Gasteiger partial charge on any atom is 0.346 e. The number of halogens is 1. The number of ether oxygens (including phenoxy) is 1. The second-order valence-corrected chi connectivity index (χ2v) is 9.29. The monoisotopic (exact) mass is 558 g/mol. The van der Waals surface area contributed by atoms with Gasteiger partial charge in [0, 0.05) is 19.2 Å². The van der Waals surface area contributed by atoms with Gasteiger partial charge in [-0.3, -0.25) is 4.79 Å². The minimum Gasteiger partial charge on any atom is -0.496 e. The van der Waals surface area contributed by atoms with Crippen molar-refractivity contribution in [2.24, 2.45) is 0 Å². The van der Waals surface area contributed by atoms with Crippen molar-refractivity contribution in [2.45, 2.75) is 26.1 Å². The van der Waals surface area contributed by atoms with Gasteiger partial charge in [0.25, 0.3) is 5.91 Å². The molecule has 0 aliphatic carbocycles. The summed E-state index contributed by atoms with van der Waals surface area (Å²) in [6.45, 7) is 2.43. The fourth-order valence-corrected chi connectivity index (χ4v) is 4.31. The number of nitrogen functional groups attached to an aromatic ring is 1. The molecule has 5 rings (SSSR count). The Morgan fingerprint density at radius 2 is 1.93 bits per heavy atom. The molecule has 41 heavy (non-hydrogen) atoms. The van der Waals surface area contributed by atoms with E-state index >= 15 is 0 Å². The van der Waals surface area contributed by atoms with Crippen LogP contribution in [0.5, 0.6) is 5.75 Å². The first kappa shape index (κ1) is 27.2. The SMILES string of the molecule is COc1ccc(F)cc1C(=O)NCc1ccc(-c2nn(C[C@H](C)N(C)C(=O)n3cncn3)c3ncnc(N)c23)cc1. The molecule has 2 aromatic carbocycles. The van der Waals surface area contributed by atoms with Gasteiger partial charge in [-0.25, -0.2) is 28.8 Å². The first-order chi connectivity index (χ1) is 19.8. The zero-order chi connectivity index (χ0) is 29.1. The number of hydrogen-bond donors (Lipinski definition) is 2. The zero-order valence-electron chi connectivity index (χ0n) is 22.5. The van der Waals surface area contributed by atoms with E-state index in [0.29, 0.717) is 23.3 Å². The van der Waals surface area contributed by atoms with Gasteiger partial charge >= 0.3 is 6.03 Å². The number of aromatic nitrogens is 7. The second kappa shape index (κ2) is 11.4. The Balaban J connectivity index is 1.35. The number of fused-ring (bicyclic) bond motifs is 1. The molecule has 0 saturated carbocycles. The summed E-state index contributed by atoms with van der Waals surface area (Å²) in [5, 5.41) is 12.0. The number of amides is 2.